The number of aromatic nitrogens is 1. The number of nitriles is 1. The second-order valence-corrected chi connectivity index (χ2v) is 3.80. The first-order valence-corrected chi connectivity index (χ1v) is 5.65. The Labute approximate surface area is 105 Å². The van der Waals surface area contributed by atoms with Gasteiger partial charge in [0, 0.05) is 10.8 Å². The van der Waals surface area contributed by atoms with Crippen molar-refractivity contribution in [1.29, 1.82) is 5.26 Å². The van der Waals surface area contributed by atoms with Gasteiger partial charge in [-0.2, -0.15) is 5.26 Å². The number of ether oxygens (including phenoxy) is 1. The fourth-order valence-corrected chi connectivity index (χ4v) is 1.93. The first-order valence-electron chi connectivity index (χ1n) is 5.65. The minimum absolute atomic E-state index is 0.312. The number of rotatable bonds is 2. The Morgan fingerprint density at radius 1 is 1.39 bits per heavy atom. The van der Waals surface area contributed by atoms with Crippen LogP contribution in [0, 0.1) is 18.3 Å². The van der Waals surface area contributed by atoms with E-state index in [4.69, 9.17) is 10.00 Å². The van der Waals surface area contributed by atoms with Crippen LogP contribution >= 0.6 is 0 Å². The van der Waals surface area contributed by atoms with Gasteiger partial charge in [-0.3, -0.25) is 0 Å². The number of nitrogens with zero attached hydrogens (tertiary/aromatic N) is 2. The van der Waals surface area contributed by atoms with E-state index in [9.17, 15) is 4.79 Å². The van der Waals surface area contributed by atoms with Gasteiger partial charge >= 0.3 is 5.97 Å². The highest BCUT2D eigenvalue weighted by atomic mass is 16.5. The van der Waals surface area contributed by atoms with Crippen LogP contribution in [0.25, 0.3) is 10.8 Å². The lowest BCUT2D eigenvalue weighted by atomic mass is 10.0. The van der Waals surface area contributed by atoms with E-state index in [0.29, 0.717) is 34.3 Å². The van der Waals surface area contributed by atoms with Gasteiger partial charge in [-0.25, -0.2) is 9.78 Å². The minimum atomic E-state index is -0.400. The molecule has 0 saturated carbocycles. The Balaban J connectivity index is 2.78. The van der Waals surface area contributed by atoms with Crippen molar-refractivity contribution < 1.29 is 9.53 Å². The van der Waals surface area contributed by atoms with Crippen LogP contribution in [0.2, 0.25) is 0 Å². The topological polar surface area (TPSA) is 63.0 Å². The van der Waals surface area contributed by atoms with Gasteiger partial charge in [0.1, 0.15) is 11.8 Å². The molecular formula is C14H12N2O2. The van der Waals surface area contributed by atoms with Gasteiger partial charge in [0.2, 0.25) is 0 Å². The fraction of sp³-hybridized carbons (Fsp3) is 0.214. The number of pyridine rings is 1. The molecule has 0 radical (unpaired) electrons. The average Bonchev–Trinajstić information content (AvgIpc) is 2.37. The molecule has 2 rings (SSSR count). The second kappa shape index (κ2) is 4.84. The Kier molecular flexibility index (Phi) is 3.24. The van der Waals surface area contributed by atoms with Crippen LogP contribution in [0.3, 0.4) is 0 Å². The maximum Gasteiger partial charge on any atom is 0.340 e. The van der Waals surface area contributed by atoms with Crippen molar-refractivity contribution in [2.24, 2.45) is 0 Å². The zero-order chi connectivity index (χ0) is 13.1. The molecular weight excluding hydrogens is 228 g/mol. The van der Waals surface area contributed by atoms with Gasteiger partial charge in [0.25, 0.3) is 0 Å². The Morgan fingerprint density at radius 2 is 2.06 bits per heavy atom. The van der Waals surface area contributed by atoms with E-state index >= 15 is 0 Å². The van der Waals surface area contributed by atoms with Crippen LogP contribution in [0.4, 0.5) is 0 Å². The third-order valence-corrected chi connectivity index (χ3v) is 2.68. The van der Waals surface area contributed by atoms with Crippen molar-refractivity contribution in [1.82, 2.24) is 4.98 Å². The van der Waals surface area contributed by atoms with Crippen LogP contribution in [0.1, 0.15) is 28.7 Å². The normalized spacial score (nSPS) is 10.1. The van der Waals surface area contributed by atoms with Crippen molar-refractivity contribution in [2.75, 3.05) is 6.61 Å². The van der Waals surface area contributed by atoms with Gasteiger partial charge in [-0.1, -0.05) is 24.3 Å². The summed E-state index contributed by atoms with van der Waals surface area (Å²) in [7, 11) is 0. The predicted molar refractivity (Wildman–Crippen MR) is 67.2 cm³/mol. The molecule has 0 spiro atoms. The summed E-state index contributed by atoms with van der Waals surface area (Å²) in [5.74, 6) is -0.400. The summed E-state index contributed by atoms with van der Waals surface area (Å²) in [4.78, 5) is 16.1. The molecule has 0 aliphatic carbocycles. The van der Waals surface area contributed by atoms with Crippen molar-refractivity contribution in [3.05, 3.63) is 41.2 Å². The first kappa shape index (κ1) is 12.1. The van der Waals surface area contributed by atoms with E-state index in [0.717, 1.165) is 0 Å². The largest absolute Gasteiger partial charge is 0.462 e. The standard InChI is InChI=1S/C14H12N2O2/c1-3-18-14(17)13-9(2)16-12(8-15)10-6-4-5-7-11(10)13/h4-7H,3H2,1-2H3. The van der Waals surface area contributed by atoms with Crippen molar-refractivity contribution in [3.63, 3.8) is 0 Å². The molecule has 4 heteroatoms. The molecule has 0 aliphatic rings. The number of aryl methyl sites for hydroxylation is 1. The molecule has 18 heavy (non-hydrogen) atoms. The van der Waals surface area contributed by atoms with Crippen LogP contribution < -0.4 is 0 Å². The Hall–Kier alpha value is -2.41. The van der Waals surface area contributed by atoms with Gasteiger partial charge in [0.15, 0.2) is 0 Å². The van der Waals surface area contributed by atoms with E-state index in [2.05, 4.69) is 4.98 Å². The molecule has 0 atom stereocenters. The van der Waals surface area contributed by atoms with E-state index < -0.39 is 5.97 Å². The molecule has 0 N–H and O–H groups in total. The molecule has 4 nitrogen and oxygen atoms in total. The molecule has 0 amide bonds. The van der Waals surface area contributed by atoms with Crippen LogP contribution in [-0.2, 0) is 4.74 Å². The molecule has 1 aromatic heterocycles. The summed E-state index contributed by atoms with van der Waals surface area (Å²) in [6, 6.07) is 9.27. The SMILES string of the molecule is CCOC(=O)c1c(C)nc(C#N)c2ccccc12. The first-order chi connectivity index (χ1) is 8.69. The summed E-state index contributed by atoms with van der Waals surface area (Å²) in [6.07, 6.45) is 0. The third kappa shape index (κ3) is 1.91. The summed E-state index contributed by atoms with van der Waals surface area (Å²) in [6.45, 7) is 3.78. The summed E-state index contributed by atoms with van der Waals surface area (Å²) in [5.41, 5.74) is 1.28. The number of hydrogen-bond acceptors (Lipinski definition) is 4. The van der Waals surface area contributed by atoms with Gasteiger partial charge < -0.3 is 4.74 Å². The molecule has 0 aliphatic heterocycles. The molecule has 90 valence electrons. The van der Waals surface area contributed by atoms with Crippen LogP contribution in [0.5, 0.6) is 0 Å². The number of benzene rings is 1. The number of fused-ring (bicyclic) bond motifs is 1. The summed E-state index contributed by atoms with van der Waals surface area (Å²) < 4.78 is 5.03. The highest BCUT2D eigenvalue weighted by Crippen LogP contribution is 2.24. The molecule has 1 heterocycles. The zero-order valence-electron chi connectivity index (χ0n) is 10.2. The van der Waals surface area contributed by atoms with Gasteiger partial charge in [-0.05, 0) is 13.8 Å². The maximum absolute atomic E-state index is 11.9. The molecule has 0 saturated heterocycles. The van der Waals surface area contributed by atoms with Crippen molar-refractivity contribution in [2.45, 2.75) is 13.8 Å². The summed E-state index contributed by atoms with van der Waals surface area (Å²) in [5, 5.41) is 10.4. The molecule has 0 unspecified atom stereocenters. The second-order valence-electron chi connectivity index (χ2n) is 3.80. The van der Waals surface area contributed by atoms with Gasteiger partial charge in [-0.15, -0.1) is 0 Å². The molecule has 0 bridgehead atoms. The van der Waals surface area contributed by atoms with Crippen LogP contribution in [-0.4, -0.2) is 17.6 Å². The van der Waals surface area contributed by atoms with E-state index in [1.807, 2.05) is 18.2 Å². The summed E-state index contributed by atoms with van der Waals surface area (Å²) >= 11 is 0. The van der Waals surface area contributed by atoms with Gasteiger partial charge in [0.05, 0.1) is 17.9 Å². The lowest BCUT2D eigenvalue weighted by Crippen LogP contribution is -2.09. The maximum atomic E-state index is 11.9. The smallest absolute Gasteiger partial charge is 0.340 e. The minimum Gasteiger partial charge on any atom is -0.462 e. The highest BCUT2D eigenvalue weighted by molar-refractivity contribution is 6.06. The quantitative estimate of drug-likeness (QED) is 0.757. The van der Waals surface area contributed by atoms with Crippen molar-refractivity contribution in [3.8, 4) is 6.07 Å². The fourth-order valence-electron chi connectivity index (χ4n) is 1.93. The Morgan fingerprint density at radius 3 is 2.67 bits per heavy atom. The Bertz CT molecular complexity index is 657. The van der Waals surface area contributed by atoms with Crippen LogP contribution in [0.15, 0.2) is 24.3 Å². The number of carbonyl (C=O) groups excluding carboxylic acids is 1. The van der Waals surface area contributed by atoms with E-state index in [-0.39, 0.29) is 0 Å². The van der Waals surface area contributed by atoms with Crippen molar-refractivity contribution >= 4 is 16.7 Å². The average molecular weight is 240 g/mol. The predicted octanol–water partition coefficient (Wildman–Crippen LogP) is 2.59. The number of carbonyl (C=O) groups is 1. The van der Waals surface area contributed by atoms with E-state index in [1.165, 1.54) is 0 Å². The number of hydrogen-bond donors (Lipinski definition) is 0. The molecule has 0 fully saturated rings. The monoisotopic (exact) mass is 240 g/mol. The van der Waals surface area contributed by atoms with E-state index in [1.54, 1.807) is 26.0 Å². The highest BCUT2D eigenvalue weighted by Gasteiger charge is 2.17. The molecule has 1 aromatic carbocycles. The lowest BCUT2D eigenvalue weighted by Gasteiger charge is -2.09. The lowest BCUT2D eigenvalue weighted by molar-refractivity contribution is 0.0527. The zero-order valence-corrected chi connectivity index (χ0v) is 10.2. The number of esters is 1. The molecule has 2 aromatic rings. The third-order valence-electron chi connectivity index (χ3n) is 2.68.